The van der Waals surface area contributed by atoms with Crippen LogP contribution in [0.15, 0.2) is 24.3 Å². The van der Waals surface area contributed by atoms with Crippen LogP contribution in [0.2, 0.25) is 0 Å². The fraction of sp³-hybridized carbons (Fsp3) is 0.609. The topological polar surface area (TPSA) is 108 Å². The Bertz CT molecular complexity index is 771. The van der Waals surface area contributed by atoms with Crippen molar-refractivity contribution in [2.75, 3.05) is 6.54 Å². The van der Waals surface area contributed by atoms with E-state index in [0.29, 0.717) is 5.56 Å². The summed E-state index contributed by atoms with van der Waals surface area (Å²) in [5.41, 5.74) is -0.228. The molecule has 2 unspecified atom stereocenters. The van der Waals surface area contributed by atoms with Crippen LogP contribution in [-0.2, 0) is 14.3 Å². The molecule has 31 heavy (non-hydrogen) atoms. The molecule has 0 fully saturated rings. The van der Waals surface area contributed by atoms with Crippen LogP contribution in [0.25, 0.3) is 0 Å². The van der Waals surface area contributed by atoms with Gasteiger partial charge in [0.05, 0.1) is 0 Å². The van der Waals surface area contributed by atoms with Gasteiger partial charge in [-0.25, -0.2) is 4.79 Å². The van der Waals surface area contributed by atoms with Gasteiger partial charge in [0.15, 0.2) is 0 Å². The maximum Gasteiger partial charge on any atom is 0.408 e. The van der Waals surface area contributed by atoms with E-state index in [0.717, 1.165) is 0 Å². The number of hydrogen-bond acceptors (Lipinski definition) is 5. The van der Waals surface area contributed by atoms with Crippen molar-refractivity contribution < 1.29 is 24.2 Å². The number of benzene rings is 1. The van der Waals surface area contributed by atoms with Crippen molar-refractivity contribution in [3.63, 3.8) is 0 Å². The van der Waals surface area contributed by atoms with Crippen LogP contribution in [0, 0.1) is 5.92 Å². The molecule has 0 aliphatic heterocycles. The van der Waals surface area contributed by atoms with E-state index in [9.17, 15) is 19.5 Å². The lowest BCUT2D eigenvalue weighted by Crippen LogP contribution is -2.55. The van der Waals surface area contributed by atoms with E-state index in [4.69, 9.17) is 4.74 Å². The number of phenolic OH excluding ortho intramolecular Hbond substituents is 1. The number of phenols is 1. The average molecular weight is 436 g/mol. The molecule has 0 heterocycles. The van der Waals surface area contributed by atoms with Gasteiger partial charge >= 0.3 is 6.09 Å². The fourth-order valence-electron chi connectivity index (χ4n) is 3.12. The van der Waals surface area contributed by atoms with E-state index in [1.807, 2.05) is 27.7 Å². The smallest absolute Gasteiger partial charge is 0.408 e. The van der Waals surface area contributed by atoms with Crippen LogP contribution >= 0.6 is 0 Å². The van der Waals surface area contributed by atoms with Gasteiger partial charge < -0.3 is 25.4 Å². The van der Waals surface area contributed by atoms with Gasteiger partial charge in [-0.3, -0.25) is 9.59 Å². The SMILES string of the molecule is CCN(C(=O)C(NC(=O)OC(C)(C)C)C(C)C)C(C(=O)NC(C)C)c1cccc(O)c1. The first-order valence-electron chi connectivity index (χ1n) is 10.7. The number of alkyl carbamates (subject to hydrolysis) is 1. The highest BCUT2D eigenvalue weighted by Crippen LogP contribution is 2.26. The highest BCUT2D eigenvalue weighted by atomic mass is 16.6. The second-order valence-electron chi connectivity index (χ2n) is 9.15. The third kappa shape index (κ3) is 8.11. The highest BCUT2D eigenvalue weighted by Gasteiger charge is 2.37. The second-order valence-corrected chi connectivity index (χ2v) is 9.15. The van der Waals surface area contributed by atoms with Crippen molar-refractivity contribution >= 4 is 17.9 Å². The maximum absolute atomic E-state index is 13.5. The summed E-state index contributed by atoms with van der Waals surface area (Å²) >= 11 is 0. The molecule has 8 nitrogen and oxygen atoms in total. The Labute approximate surface area is 185 Å². The number of nitrogens with one attached hydrogen (secondary N) is 2. The molecule has 2 atom stereocenters. The largest absolute Gasteiger partial charge is 0.508 e. The number of aromatic hydroxyl groups is 1. The van der Waals surface area contributed by atoms with E-state index in [-0.39, 0.29) is 30.2 Å². The van der Waals surface area contributed by atoms with E-state index in [1.165, 1.54) is 17.0 Å². The summed E-state index contributed by atoms with van der Waals surface area (Å²) in [4.78, 5) is 40.3. The summed E-state index contributed by atoms with van der Waals surface area (Å²) in [5, 5.41) is 15.4. The zero-order valence-corrected chi connectivity index (χ0v) is 19.9. The third-order valence-corrected chi connectivity index (χ3v) is 4.41. The Morgan fingerprint density at radius 2 is 1.71 bits per heavy atom. The Morgan fingerprint density at radius 1 is 1.10 bits per heavy atom. The molecule has 0 bridgehead atoms. The Hall–Kier alpha value is -2.77. The average Bonchev–Trinajstić information content (AvgIpc) is 2.61. The van der Waals surface area contributed by atoms with Gasteiger partial charge in [-0.05, 0) is 65.2 Å². The predicted molar refractivity (Wildman–Crippen MR) is 120 cm³/mol. The molecule has 0 saturated carbocycles. The summed E-state index contributed by atoms with van der Waals surface area (Å²) in [6.45, 7) is 14.5. The van der Waals surface area contributed by atoms with Gasteiger partial charge in [-0.2, -0.15) is 0 Å². The van der Waals surface area contributed by atoms with E-state index in [1.54, 1.807) is 39.8 Å². The summed E-state index contributed by atoms with van der Waals surface area (Å²) in [6, 6.07) is 4.28. The quantitative estimate of drug-likeness (QED) is 0.580. The predicted octanol–water partition coefficient (Wildman–Crippen LogP) is 3.36. The van der Waals surface area contributed by atoms with E-state index in [2.05, 4.69) is 10.6 Å². The van der Waals surface area contributed by atoms with Gasteiger partial charge in [0.25, 0.3) is 0 Å². The normalized spacial score (nSPS) is 13.5. The summed E-state index contributed by atoms with van der Waals surface area (Å²) in [6.07, 6.45) is -0.698. The van der Waals surface area contributed by atoms with Crippen molar-refractivity contribution in [2.24, 2.45) is 5.92 Å². The first-order chi connectivity index (χ1) is 14.3. The molecule has 0 spiro atoms. The van der Waals surface area contributed by atoms with Crippen molar-refractivity contribution in [1.29, 1.82) is 0 Å². The van der Waals surface area contributed by atoms with Crippen LogP contribution in [-0.4, -0.2) is 52.1 Å². The van der Waals surface area contributed by atoms with Crippen LogP contribution in [0.5, 0.6) is 5.75 Å². The zero-order chi connectivity index (χ0) is 23.9. The molecular formula is C23H37N3O5. The Kier molecular flexibility index (Phi) is 9.34. The lowest BCUT2D eigenvalue weighted by atomic mass is 9.98. The number of hydrogen-bond donors (Lipinski definition) is 3. The summed E-state index contributed by atoms with van der Waals surface area (Å²) < 4.78 is 5.31. The molecule has 0 radical (unpaired) electrons. The third-order valence-electron chi connectivity index (χ3n) is 4.41. The van der Waals surface area contributed by atoms with Crippen LogP contribution in [0.1, 0.15) is 67.0 Å². The van der Waals surface area contributed by atoms with Crippen LogP contribution in [0.4, 0.5) is 4.79 Å². The number of ether oxygens (including phenoxy) is 1. The molecule has 1 rings (SSSR count). The molecule has 3 amide bonds. The Balaban J connectivity index is 3.31. The zero-order valence-electron chi connectivity index (χ0n) is 19.9. The molecule has 3 N–H and O–H groups in total. The summed E-state index contributed by atoms with van der Waals surface area (Å²) in [5.74, 6) is -1.02. The molecule has 0 saturated heterocycles. The summed E-state index contributed by atoms with van der Waals surface area (Å²) in [7, 11) is 0. The van der Waals surface area contributed by atoms with Gasteiger partial charge in [-0.1, -0.05) is 26.0 Å². The molecule has 0 aliphatic rings. The van der Waals surface area contributed by atoms with Crippen LogP contribution < -0.4 is 10.6 Å². The number of likely N-dealkylation sites (N-methyl/N-ethyl adjacent to an activating group) is 1. The van der Waals surface area contributed by atoms with Gasteiger partial charge in [0.2, 0.25) is 11.8 Å². The maximum atomic E-state index is 13.5. The molecule has 1 aromatic rings. The van der Waals surface area contributed by atoms with E-state index >= 15 is 0 Å². The number of amides is 3. The molecule has 8 heteroatoms. The van der Waals surface area contributed by atoms with Gasteiger partial charge in [0, 0.05) is 12.6 Å². The first kappa shape index (κ1) is 26.3. The van der Waals surface area contributed by atoms with Crippen molar-refractivity contribution in [1.82, 2.24) is 15.5 Å². The molecular weight excluding hydrogens is 398 g/mol. The molecule has 0 aliphatic carbocycles. The fourth-order valence-corrected chi connectivity index (χ4v) is 3.12. The van der Waals surface area contributed by atoms with Crippen LogP contribution in [0.3, 0.4) is 0 Å². The number of carbonyl (C=O) groups excluding carboxylic acids is 3. The van der Waals surface area contributed by atoms with Crippen molar-refractivity contribution in [3.8, 4) is 5.75 Å². The lowest BCUT2D eigenvalue weighted by Gasteiger charge is -2.35. The second kappa shape index (κ2) is 11.0. The molecule has 1 aromatic carbocycles. The lowest BCUT2D eigenvalue weighted by molar-refractivity contribution is -0.143. The number of carbonyl (C=O) groups is 3. The van der Waals surface area contributed by atoms with Crippen molar-refractivity contribution in [2.45, 2.75) is 79.1 Å². The molecule has 174 valence electrons. The standard InChI is InChI=1S/C23H37N3O5/c1-9-26(21(29)18(14(2)3)25-22(30)31-23(6,7)8)19(20(28)24-15(4)5)16-11-10-12-17(27)13-16/h10-15,18-19,27H,9H2,1-8H3,(H,24,28)(H,25,30). The minimum Gasteiger partial charge on any atom is -0.508 e. The minimum atomic E-state index is -0.964. The number of nitrogens with zero attached hydrogens (tertiary/aromatic N) is 1. The monoisotopic (exact) mass is 435 g/mol. The molecule has 0 aromatic heterocycles. The first-order valence-corrected chi connectivity index (χ1v) is 10.7. The van der Waals surface area contributed by atoms with Gasteiger partial charge in [0.1, 0.15) is 23.4 Å². The minimum absolute atomic E-state index is 0.00404. The highest BCUT2D eigenvalue weighted by molar-refractivity contribution is 5.92. The van der Waals surface area contributed by atoms with Crippen molar-refractivity contribution in [3.05, 3.63) is 29.8 Å². The Morgan fingerprint density at radius 3 is 2.16 bits per heavy atom. The number of rotatable bonds is 8. The van der Waals surface area contributed by atoms with E-state index < -0.39 is 29.7 Å². The van der Waals surface area contributed by atoms with Gasteiger partial charge in [-0.15, -0.1) is 0 Å².